The summed E-state index contributed by atoms with van der Waals surface area (Å²) in [4.78, 5) is 38.8. The number of halogens is 1. The zero-order valence-corrected chi connectivity index (χ0v) is 16.9. The fourth-order valence-corrected chi connectivity index (χ4v) is 3.35. The number of rotatable bonds is 5. The van der Waals surface area contributed by atoms with Gasteiger partial charge >= 0.3 is 0 Å². The van der Waals surface area contributed by atoms with Gasteiger partial charge in [-0.15, -0.1) is 5.10 Å². The molecule has 31 heavy (non-hydrogen) atoms. The molecule has 10 nitrogen and oxygen atoms in total. The highest BCUT2D eigenvalue weighted by atomic mass is 19.1. The van der Waals surface area contributed by atoms with Crippen molar-refractivity contribution in [2.75, 3.05) is 7.05 Å². The van der Waals surface area contributed by atoms with Gasteiger partial charge in [-0.2, -0.15) is 0 Å². The van der Waals surface area contributed by atoms with Crippen LogP contribution in [0, 0.1) is 5.82 Å². The number of ketones is 1. The highest BCUT2D eigenvalue weighted by Gasteiger charge is 2.38. The maximum absolute atomic E-state index is 14.6. The van der Waals surface area contributed by atoms with E-state index in [1.165, 1.54) is 47.4 Å². The summed E-state index contributed by atoms with van der Waals surface area (Å²) < 4.78 is 16.1. The van der Waals surface area contributed by atoms with E-state index < -0.39 is 11.4 Å². The van der Waals surface area contributed by atoms with Crippen molar-refractivity contribution in [2.45, 2.75) is 25.3 Å². The van der Waals surface area contributed by atoms with Crippen LogP contribution in [0.1, 0.15) is 35.0 Å². The lowest BCUT2D eigenvalue weighted by atomic mass is 9.85. The molecule has 0 aliphatic carbocycles. The fourth-order valence-electron chi connectivity index (χ4n) is 3.35. The van der Waals surface area contributed by atoms with Crippen molar-refractivity contribution in [2.24, 2.45) is 10.7 Å². The molecule has 1 aromatic carbocycles. The molecule has 3 heterocycles. The summed E-state index contributed by atoms with van der Waals surface area (Å²) in [7, 11) is 1.52. The van der Waals surface area contributed by atoms with Crippen LogP contribution in [0.3, 0.4) is 0 Å². The van der Waals surface area contributed by atoms with Gasteiger partial charge in [0.2, 0.25) is 5.91 Å². The smallest absolute Gasteiger partial charge is 0.231 e. The number of carbonyl (C=O) groups is 2. The van der Waals surface area contributed by atoms with Crippen molar-refractivity contribution in [3.05, 3.63) is 65.6 Å². The number of aromatic nitrogens is 5. The number of hydrogen-bond donors (Lipinski definition) is 1. The van der Waals surface area contributed by atoms with Gasteiger partial charge in [0.1, 0.15) is 11.5 Å². The zero-order valence-electron chi connectivity index (χ0n) is 16.9. The summed E-state index contributed by atoms with van der Waals surface area (Å²) in [6.07, 6.45) is 5.83. The van der Waals surface area contributed by atoms with E-state index in [1.54, 1.807) is 19.2 Å². The van der Waals surface area contributed by atoms with E-state index in [1.807, 2.05) is 0 Å². The second-order valence-electron chi connectivity index (χ2n) is 7.40. The van der Waals surface area contributed by atoms with Gasteiger partial charge in [-0.3, -0.25) is 14.5 Å². The van der Waals surface area contributed by atoms with Crippen molar-refractivity contribution >= 4 is 17.6 Å². The minimum atomic E-state index is -1.16. The Morgan fingerprint density at radius 3 is 2.74 bits per heavy atom. The molecule has 2 N–H and O–H groups in total. The Morgan fingerprint density at radius 2 is 2.10 bits per heavy atom. The van der Waals surface area contributed by atoms with Gasteiger partial charge in [0, 0.05) is 19.0 Å². The average Bonchev–Trinajstić information content (AvgIpc) is 3.28. The van der Waals surface area contributed by atoms with Crippen LogP contribution in [0.4, 0.5) is 4.39 Å². The van der Waals surface area contributed by atoms with Gasteiger partial charge in [0.25, 0.3) is 0 Å². The molecule has 1 amide bonds. The van der Waals surface area contributed by atoms with Crippen LogP contribution in [0.25, 0.3) is 5.82 Å². The Labute approximate surface area is 176 Å². The van der Waals surface area contributed by atoms with Crippen molar-refractivity contribution in [1.29, 1.82) is 0 Å². The molecule has 11 heteroatoms. The first-order chi connectivity index (χ1) is 14.8. The van der Waals surface area contributed by atoms with E-state index in [0.717, 1.165) is 0 Å². The van der Waals surface area contributed by atoms with E-state index in [-0.39, 0.29) is 41.7 Å². The Morgan fingerprint density at radius 1 is 1.29 bits per heavy atom. The number of Topliss-reactive ketones (excluding diaryl/α,β-unsaturated/α-hetero) is 1. The topological polar surface area (TPSA) is 132 Å². The lowest BCUT2D eigenvalue weighted by Gasteiger charge is -2.34. The number of amides is 1. The lowest BCUT2D eigenvalue weighted by molar-refractivity contribution is -0.128. The maximum atomic E-state index is 14.6. The molecule has 0 saturated carbocycles. The molecule has 4 rings (SSSR count). The van der Waals surface area contributed by atoms with Gasteiger partial charge < -0.3 is 5.73 Å². The first kappa shape index (κ1) is 20.3. The van der Waals surface area contributed by atoms with Crippen LogP contribution < -0.4 is 5.73 Å². The monoisotopic (exact) mass is 422 g/mol. The molecule has 0 radical (unpaired) electrons. The number of benzene rings is 1. The molecule has 2 aromatic heterocycles. The molecular formula is C20H19FN8O2. The fraction of sp³-hybridized carbons (Fsp3) is 0.250. The molecule has 1 aliphatic rings. The Hall–Kier alpha value is -4.02. The van der Waals surface area contributed by atoms with Crippen LogP contribution >= 0.6 is 0 Å². The molecule has 1 aliphatic heterocycles. The number of carbonyl (C=O) groups excluding carboxylic acids is 2. The zero-order chi connectivity index (χ0) is 22.2. The number of hydrogen-bond acceptors (Lipinski definition) is 8. The summed E-state index contributed by atoms with van der Waals surface area (Å²) in [5, 5.41) is 7.50. The SMILES string of the molecule is CN1C(=O)CC(C)(c2cc(CC(=O)c3cnc(-n4ccnn4)cn3)ccc2F)N=C1N. The lowest BCUT2D eigenvalue weighted by Crippen LogP contribution is -2.47. The minimum absolute atomic E-state index is 0.0161. The van der Waals surface area contributed by atoms with Crippen LogP contribution in [-0.2, 0) is 16.8 Å². The van der Waals surface area contributed by atoms with Gasteiger partial charge in [0.05, 0.1) is 36.7 Å². The van der Waals surface area contributed by atoms with Crippen molar-refractivity contribution in [3.63, 3.8) is 0 Å². The van der Waals surface area contributed by atoms with Crippen LogP contribution in [0.5, 0.6) is 0 Å². The molecule has 3 aromatic rings. The molecule has 0 spiro atoms. The predicted molar refractivity (Wildman–Crippen MR) is 108 cm³/mol. The van der Waals surface area contributed by atoms with Crippen molar-refractivity contribution < 1.29 is 14.0 Å². The van der Waals surface area contributed by atoms with E-state index in [2.05, 4.69) is 25.3 Å². The largest absolute Gasteiger partial charge is 0.369 e. The molecule has 0 fully saturated rings. The summed E-state index contributed by atoms with van der Waals surface area (Å²) in [6.45, 7) is 1.64. The van der Waals surface area contributed by atoms with E-state index in [0.29, 0.717) is 11.4 Å². The molecule has 1 atom stereocenters. The third-order valence-electron chi connectivity index (χ3n) is 5.13. The second kappa shape index (κ2) is 7.67. The van der Waals surface area contributed by atoms with E-state index >= 15 is 0 Å². The summed E-state index contributed by atoms with van der Waals surface area (Å²) in [6, 6.07) is 4.32. The normalized spacial score (nSPS) is 18.7. The van der Waals surface area contributed by atoms with E-state index in [4.69, 9.17) is 5.73 Å². The highest BCUT2D eigenvalue weighted by molar-refractivity contribution is 5.99. The Kier molecular flexibility index (Phi) is 5.01. The molecular weight excluding hydrogens is 403 g/mol. The summed E-state index contributed by atoms with van der Waals surface area (Å²) in [5.41, 5.74) is 5.60. The quantitative estimate of drug-likeness (QED) is 0.607. The van der Waals surface area contributed by atoms with Gasteiger partial charge in [-0.05, 0) is 24.6 Å². The third kappa shape index (κ3) is 3.89. The van der Waals surface area contributed by atoms with Crippen LogP contribution in [0.15, 0.2) is 48.0 Å². The average molecular weight is 422 g/mol. The third-order valence-corrected chi connectivity index (χ3v) is 5.13. The number of nitrogens with two attached hydrogens (primary N) is 1. The summed E-state index contributed by atoms with van der Waals surface area (Å²) in [5.74, 6) is -0.637. The van der Waals surface area contributed by atoms with Gasteiger partial charge in [-0.25, -0.2) is 24.0 Å². The molecule has 0 saturated heterocycles. The summed E-state index contributed by atoms with van der Waals surface area (Å²) >= 11 is 0. The second-order valence-corrected chi connectivity index (χ2v) is 7.40. The predicted octanol–water partition coefficient (Wildman–Crippen LogP) is 1.01. The number of nitrogens with zero attached hydrogens (tertiary/aromatic N) is 7. The van der Waals surface area contributed by atoms with Crippen LogP contribution in [-0.4, -0.2) is 54.6 Å². The minimum Gasteiger partial charge on any atom is -0.369 e. The highest BCUT2D eigenvalue weighted by Crippen LogP contribution is 2.35. The van der Waals surface area contributed by atoms with Crippen molar-refractivity contribution in [1.82, 2.24) is 29.9 Å². The van der Waals surface area contributed by atoms with Gasteiger partial charge in [-0.1, -0.05) is 11.3 Å². The first-order valence-electron chi connectivity index (χ1n) is 9.39. The standard InChI is InChI=1S/C20H19FN8O2/c1-20(9-18(31)28(2)19(22)26-20)13-7-12(3-4-14(13)21)8-16(30)15-10-24-17(11-23-15)29-6-5-25-27-29/h3-7,10-11H,8-9H2,1-2H3,(H2,22,26). The first-order valence-corrected chi connectivity index (χ1v) is 9.39. The molecule has 1 unspecified atom stereocenters. The number of guanidine groups is 1. The molecule has 0 bridgehead atoms. The van der Waals surface area contributed by atoms with E-state index in [9.17, 15) is 14.0 Å². The number of aliphatic imine (C=N–C) groups is 1. The Balaban J connectivity index is 1.57. The molecule has 158 valence electrons. The maximum Gasteiger partial charge on any atom is 0.231 e. The van der Waals surface area contributed by atoms with Crippen molar-refractivity contribution in [3.8, 4) is 5.82 Å². The Bertz CT molecular complexity index is 1180. The van der Waals surface area contributed by atoms with Crippen LogP contribution in [0.2, 0.25) is 0 Å². The van der Waals surface area contributed by atoms with Gasteiger partial charge in [0.15, 0.2) is 17.6 Å².